The van der Waals surface area contributed by atoms with Gasteiger partial charge in [-0.2, -0.15) is 0 Å². The van der Waals surface area contributed by atoms with Crippen molar-refractivity contribution in [2.45, 2.75) is 18.3 Å². The van der Waals surface area contributed by atoms with Crippen molar-refractivity contribution in [3.05, 3.63) is 12.3 Å². The summed E-state index contributed by atoms with van der Waals surface area (Å²) in [4.78, 5) is 0. The Labute approximate surface area is 65.0 Å². The monoisotopic (exact) mass is 160 g/mol. The molecule has 64 valence electrons. The Balaban J connectivity index is 2.60. The highest BCUT2D eigenvalue weighted by Crippen LogP contribution is 2.14. The fourth-order valence-electron chi connectivity index (χ4n) is 1.07. The zero-order valence-corrected chi connectivity index (χ0v) is 6.30. The molecule has 0 spiro atoms. The van der Waals surface area contributed by atoms with E-state index in [4.69, 9.17) is 14.6 Å². The molecule has 0 saturated carbocycles. The molecule has 0 unspecified atom stereocenters. The Kier molecular flexibility index (Phi) is 2.87. The minimum absolute atomic E-state index is 0.153. The third-order valence-electron chi connectivity index (χ3n) is 1.68. The third kappa shape index (κ3) is 1.71. The molecule has 0 aromatic rings. The van der Waals surface area contributed by atoms with Crippen molar-refractivity contribution in [2.24, 2.45) is 0 Å². The smallest absolute Gasteiger partial charge is 0.150 e. The van der Waals surface area contributed by atoms with E-state index in [9.17, 15) is 5.11 Å². The van der Waals surface area contributed by atoms with Gasteiger partial charge >= 0.3 is 0 Å². The van der Waals surface area contributed by atoms with Gasteiger partial charge in [0.2, 0.25) is 0 Å². The molecule has 4 heteroatoms. The molecule has 0 fully saturated rings. The zero-order chi connectivity index (χ0) is 8.27. The highest BCUT2D eigenvalue weighted by atomic mass is 16.5. The maximum absolute atomic E-state index is 9.27. The molecule has 0 bridgehead atoms. The van der Waals surface area contributed by atoms with Crippen LogP contribution < -0.4 is 0 Å². The molecule has 0 radical (unpaired) electrons. The van der Waals surface area contributed by atoms with Gasteiger partial charge in [0.1, 0.15) is 18.3 Å². The van der Waals surface area contributed by atoms with Gasteiger partial charge in [0, 0.05) is 7.11 Å². The third-order valence-corrected chi connectivity index (χ3v) is 1.68. The molecular weight excluding hydrogens is 148 g/mol. The van der Waals surface area contributed by atoms with Crippen molar-refractivity contribution >= 4 is 0 Å². The van der Waals surface area contributed by atoms with Crippen molar-refractivity contribution < 1.29 is 19.7 Å². The van der Waals surface area contributed by atoms with Crippen LogP contribution in [0.25, 0.3) is 0 Å². The summed E-state index contributed by atoms with van der Waals surface area (Å²) in [5.41, 5.74) is 0. The fourth-order valence-corrected chi connectivity index (χ4v) is 1.07. The molecule has 11 heavy (non-hydrogen) atoms. The van der Waals surface area contributed by atoms with Crippen molar-refractivity contribution in [1.29, 1.82) is 0 Å². The second kappa shape index (κ2) is 3.71. The molecule has 3 atom stereocenters. The highest BCUT2D eigenvalue weighted by Gasteiger charge is 2.30. The van der Waals surface area contributed by atoms with E-state index in [2.05, 4.69) is 0 Å². The Hall–Kier alpha value is -0.580. The maximum Gasteiger partial charge on any atom is 0.150 e. The molecule has 2 N–H and O–H groups in total. The lowest BCUT2D eigenvalue weighted by molar-refractivity contribution is -0.0991. The first kappa shape index (κ1) is 8.52. The minimum atomic E-state index is -0.689. The minimum Gasteiger partial charge on any atom is -0.493 e. The van der Waals surface area contributed by atoms with Crippen LogP contribution in [0.5, 0.6) is 0 Å². The molecule has 0 aromatic carbocycles. The van der Waals surface area contributed by atoms with Crippen LogP contribution in [-0.4, -0.2) is 42.2 Å². The van der Waals surface area contributed by atoms with E-state index in [1.807, 2.05) is 0 Å². The van der Waals surface area contributed by atoms with Crippen LogP contribution in [0.3, 0.4) is 0 Å². The molecule has 4 nitrogen and oxygen atoms in total. The average molecular weight is 160 g/mol. The van der Waals surface area contributed by atoms with Crippen molar-refractivity contribution in [3.8, 4) is 0 Å². The predicted octanol–water partition coefficient (Wildman–Crippen LogP) is -0.733. The van der Waals surface area contributed by atoms with Gasteiger partial charge in [-0.05, 0) is 6.08 Å². The highest BCUT2D eigenvalue weighted by molar-refractivity contribution is 4.97. The Morgan fingerprint density at radius 3 is 2.82 bits per heavy atom. The molecule has 0 aliphatic carbocycles. The van der Waals surface area contributed by atoms with Gasteiger partial charge in [-0.3, -0.25) is 0 Å². The number of hydrogen-bond acceptors (Lipinski definition) is 4. The van der Waals surface area contributed by atoms with E-state index in [0.717, 1.165) is 0 Å². The fraction of sp³-hybridized carbons (Fsp3) is 0.714. The second-order valence-electron chi connectivity index (χ2n) is 2.38. The number of aliphatic hydroxyl groups excluding tert-OH is 2. The first-order valence-electron chi connectivity index (χ1n) is 3.43. The summed E-state index contributed by atoms with van der Waals surface area (Å²) < 4.78 is 9.91. The van der Waals surface area contributed by atoms with Gasteiger partial charge in [0.15, 0.2) is 0 Å². The van der Waals surface area contributed by atoms with E-state index in [0.29, 0.717) is 0 Å². The maximum atomic E-state index is 9.27. The second-order valence-corrected chi connectivity index (χ2v) is 2.38. The van der Waals surface area contributed by atoms with Crippen molar-refractivity contribution in [3.63, 3.8) is 0 Å². The van der Waals surface area contributed by atoms with Gasteiger partial charge < -0.3 is 19.7 Å². The van der Waals surface area contributed by atoms with E-state index in [-0.39, 0.29) is 6.61 Å². The van der Waals surface area contributed by atoms with Crippen molar-refractivity contribution in [2.75, 3.05) is 13.7 Å². The van der Waals surface area contributed by atoms with E-state index < -0.39 is 18.3 Å². The average Bonchev–Trinajstić information content (AvgIpc) is 2.04. The Bertz CT molecular complexity index is 145. The van der Waals surface area contributed by atoms with E-state index in [1.54, 1.807) is 0 Å². The number of hydrogen-bond donors (Lipinski definition) is 2. The van der Waals surface area contributed by atoms with Crippen LogP contribution in [0.2, 0.25) is 0 Å². The molecule has 0 aromatic heterocycles. The van der Waals surface area contributed by atoms with Crippen molar-refractivity contribution in [1.82, 2.24) is 0 Å². The van der Waals surface area contributed by atoms with Crippen LogP contribution in [-0.2, 0) is 9.47 Å². The SMILES string of the molecule is CO[C@H]1[C@H](O)C=CO[C@@H]1CO. The molecule has 1 rings (SSSR count). The van der Waals surface area contributed by atoms with Gasteiger partial charge in [0.25, 0.3) is 0 Å². The standard InChI is InChI=1S/C7H12O4/c1-10-7-5(9)2-3-11-6(7)4-8/h2-3,5-9H,4H2,1H3/t5-,6-,7+/m1/s1. The van der Waals surface area contributed by atoms with Gasteiger partial charge in [-0.15, -0.1) is 0 Å². The quantitative estimate of drug-likeness (QED) is 0.559. The van der Waals surface area contributed by atoms with E-state index >= 15 is 0 Å². The lowest BCUT2D eigenvalue weighted by atomic mass is 10.1. The number of aliphatic hydroxyl groups is 2. The van der Waals surface area contributed by atoms with Crippen LogP contribution >= 0.6 is 0 Å². The van der Waals surface area contributed by atoms with Crippen LogP contribution in [0.15, 0.2) is 12.3 Å². The Morgan fingerprint density at radius 2 is 2.36 bits per heavy atom. The lowest BCUT2D eigenvalue weighted by Crippen LogP contribution is -2.43. The first-order valence-corrected chi connectivity index (χ1v) is 3.43. The largest absolute Gasteiger partial charge is 0.493 e. The summed E-state index contributed by atoms with van der Waals surface area (Å²) in [6.45, 7) is -0.153. The zero-order valence-electron chi connectivity index (χ0n) is 6.30. The normalized spacial score (nSPS) is 36.8. The Morgan fingerprint density at radius 1 is 1.64 bits per heavy atom. The van der Waals surface area contributed by atoms with Crippen LogP contribution in [0, 0.1) is 0 Å². The summed E-state index contributed by atoms with van der Waals surface area (Å²) >= 11 is 0. The number of ether oxygens (including phenoxy) is 2. The molecule has 0 amide bonds. The van der Waals surface area contributed by atoms with Gasteiger partial charge in [0.05, 0.1) is 12.9 Å². The van der Waals surface area contributed by atoms with Crippen LogP contribution in [0.4, 0.5) is 0 Å². The predicted molar refractivity (Wildman–Crippen MR) is 37.9 cm³/mol. The molecular formula is C7H12O4. The summed E-state index contributed by atoms with van der Waals surface area (Å²) in [6.07, 6.45) is 1.25. The lowest BCUT2D eigenvalue weighted by Gasteiger charge is -2.29. The summed E-state index contributed by atoms with van der Waals surface area (Å²) in [5, 5.41) is 18.0. The first-order chi connectivity index (χ1) is 5.29. The molecule has 1 aliphatic heterocycles. The summed E-state index contributed by atoms with van der Waals surface area (Å²) in [6, 6.07) is 0. The van der Waals surface area contributed by atoms with Crippen LogP contribution in [0.1, 0.15) is 0 Å². The van der Waals surface area contributed by atoms with E-state index in [1.165, 1.54) is 19.4 Å². The number of methoxy groups -OCH3 is 1. The molecule has 1 heterocycles. The summed E-state index contributed by atoms with van der Waals surface area (Å²) in [5.74, 6) is 0. The molecule has 1 aliphatic rings. The number of rotatable bonds is 2. The topological polar surface area (TPSA) is 58.9 Å². The summed E-state index contributed by atoms with van der Waals surface area (Å²) in [7, 11) is 1.47. The molecule has 0 saturated heterocycles. The van der Waals surface area contributed by atoms with Gasteiger partial charge in [-0.1, -0.05) is 0 Å². The van der Waals surface area contributed by atoms with Gasteiger partial charge in [-0.25, -0.2) is 0 Å².